The van der Waals surface area contributed by atoms with Crippen molar-refractivity contribution in [3.63, 3.8) is 0 Å². The summed E-state index contributed by atoms with van der Waals surface area (Å²) in [7, 11) is 0. The van der Waals surface area contributed by atoms with Crippen molar-refractivity contribution in [1.82, 2.24) is 34.1 Å². The molecule has 7 nitrogen and oxygen atoms in total. The lowest BCUT2D eigenvalue weighted by atomic mass is 9.93. The molecule has 62 heavy (non-hydrogen) atoms. The summed E-state index contributed by atoms with van der Waals surface area (Å²) in [5, 5.41) is 12.2. The summed E-state index contributed by atoms with van der Waals surface area (Å²) >= 11 is 0. The van der Waals surface area contributed by atoms with Crippen molar-refractivity contribution in [2.75, 3.05) is 0 Å². The standard InChI is InChI=1S/C55H33N7/c1-2-15-38-36(14-1)37-16-3-4-19-41(37)52-42(38)20-13-25-51(52)61-47-23-7-5-17-39(47)43-32-34(26-28-49(43)61)35-27-29-50-44(33-35)40-18-6-8-24-48(40)62(50)55-59-53(45-21-9-11-30-56-45)58-54(60-55)46-22-10-12-31-57-46/h1-33H. The largest absolute Gasteiger partial charge is 0.309 e. The Hall–Kier alpha value is -8.55. The molecule has 0 atom stereocenters. The van der Waals surface area contributed by atoms with E-state index in [1.165, 1.54) is 59.8 Å². The number of benzene rings is 8. The molecule has 5 aromatic heterocycles. The van der Waals surface area contributed by atoms with E-state index in [9.17, 15) is 0 Å². The molecule has 0 unspecified atom stereocenters. The van der Waals surface area contributed by atoms with Crippen LogP contribution in [-0.4, -0.2) is 34.1 Å². The zero-order valence-electron chi connectivity index (χ0n) is 33.2. The number of hydrogen-bond acceptors (Lipinski definition) is 5. The van der Waals surface area contributed by atoms with E-state index in [1.807, 2.05) is 36.4 Å². The Kier molecular flexibility index (Phi) is 7.47. The maximum absolute atomic E-state index is 5.04. The van der Waals surface area contributed by atoms with Crippen LogP contribution >= 0.6 is 0 Å². The molecular formula is C55H33N7. The Morgan fingerprint density at radius 2 is 0.742 bits per heavy atom. The first kappa shape index (κ1) is 34.3. The topological polar surface area (TPSA) is 74.3 Å². The average Bonchev–Trinajstić information content (AvgIpc) is 3.86. The first-order valence-electron chi connectivity index (χ1n) is 20.8. The van der Waals surface area contributed by atoms with Crippen molar-refractivity contribution < 1.29 is 0 Å². The molecule has 288 valence electrons. The van der Waals surface area contributed by atoms with E-state index in [0.717, 1.165) is 32.9 Å². The van der Waals surface area contributed by atoms with Crippen LogP contribution in [0.4, 0.5) is 0 Å². The van der Waals surface area contributed by atoms with Crippen LogP contribution in [0.1, 0.15) is 0 Å². The van der Waals surface area contributed by atoms with Gasteiger partial charge >= 0.3 is 0 Å². The molecule has 0 radical (unpaired) electrons. The van der Waals surface area contributed by atoms with Crippen LogP contribution in [0.3, 0.4) is 0 Å². The van der Waals surface area contributed by atoms with Gasteiger partial charge in [0.25, 0.3) is 0 Å². The van der Waals surface area contributed by atoms with E-state index < -0.39 is 0 Å². The first-order chi connectivity index (χ1) is 30.8. The summed E-state index contributed by atoms with van der Waals surface area (Å²) in [5.74, 6) is 1.47. The Labute approximate surface area is 354 Å². The maximum atomic E-state index is 5.04. The van der Waals surface area contributed by atoms with E-state index in [2.05, 4.69) is 171 Å². The lowest BCUT2D eigenvalue weighted by molar-refractivity contribution is 0.943. The summed E-state index contributed by atoms with van der Waals surface area (Å²) in [4.78, 5) is 24.1. The molecule has 0 N–H and O–H groups in total. The van der Waals surface area contributed by atoms with Gasteiger partial charge in [0, 0.05) is 39.3 Å². The molecule has 0 aliphatic heterocycles. The third-order valence-electron chi connectivity index (χ3n) is 12.3. The number of fused-ring (bicyclic) bond motifs is 12. The van der Waals surface area contributed by atoms with Crippen LogP contribution in [0.25, 0.3) is 122 Å². The highest BCUT2D eigenvalue weighted by atomic mass is 15.2. The first-order valence-corrected chi connectivity index (χ1v) is 20.8. The highest BCUT2D eigenvalue weighted by molar-refractivity contribution is 6.28. The summed E-state index contributed by atoms with van der Waals surface area (Å²) < 4.78 is 4.59. The fourth-order valence-electron chi connectivity index (χ4n) is 9.59. The lowest BCUT2D eigenvalue weighted by Crippen LogP contribution is -2.07. The number of rotatable bonds is 5. The molecule has 0 saturated heterocycles. The van der Waals surface area contributed by atoms with Crippen molar-refractivity contribution in [1.29, 1.82) is 0 Å². The molecule has 7 heteroatoms. The predicted molar refractivity (Wildman–Crippen MR) is 253 cm³/mol. The molecule has 0 spiro atoms. The van der Waals surface area contributed by atoms with Crippen molar-refractivity contribution in [2.45, 2.75) is 0 Å². The van der Waals surface area contributed by atoms with E-state index in [4.69, 9.17) is 15.0 Å². The highest BCUT2D eigenvalue weighted by Crippen LogP contribution is 2.42. The molecule has 0 fully saturated rings. The summed E-state index contributed by atoms with van der Waals surface area (Å²) in [5.41, 5.74) is 9.10. The third kappa shape index (κ3) is 5.15. The van der Waals surface area contributed by atoms with Crippen molar-refractivity contribution >= 4 is 75.9 Å². The van der Waals surface area contributed by atoms with E-state index in [0.29, 0.717) is 29.0 Å². The molecular weight excluding hydrogens is 759 g/mol. The van der Waals surface area contributed by atoms with Crippen LogP contribution in [0.5, 0.6) is 0 Å². The van der Waals surface area contributed by atoms with Gasteiger partial charge in [-0.05, 0) is 105 Å². The van der Waals surface area contributed by atoms with Gasteiger partial charge in [-0.15, -0.1) is 0 Å². The molecule has 0 aliphatic rings. The van der Waals surface area contributed by atoms with E-state index in [-0.39, 0.29) is 0 Å². The third-order valence-corrected chi connectivity index (χ3v) is 12.3. The van der Waals surface area contributed by atoms with Crippen molar-refractivity contribution in [3.05, 3.63) is 200 Å². The van der Waals surface area contributed by atoms with Gasteiger partial charge in [-0.2, -0.15) is 9.97 Å². The quantitative estimate of drug-likeness (QED) is 0.162. The number of hydrogen-bond donors (Lipinski definition) is 0. The second-order valence-corrected chi connectivity index (χ2v) is 15.7. The minimum Gasteiger partial charge on any atom is -0.309 e. The van der Waals surface area contributed by atoms with Gasteiger partial charge in [-0.3, -0.25) is 14.5 Å². The normalized spacial score (nSPS) is 11.9. The Bertz CT molecular complexity index is 3820. The molecule has 0 amide bonds. The van der Waals surface area contributed by atoms with Crippen LogP contribution < -0.4 is 0 Å². The smallest absolute Gasteiger partial charge is 0.238 e. The molecule has 13 rings (SSSR count). The predicted octanol–water partition coefficient (Wildman–Crippen LogP) is 13.3. The van der Waals surface area contributed by atoms with Crippen LogP contribution in [0, 0.1) is 0 Å². The van der Waals surface area contributed by atoms with Gasteiger partial charge < -0.3 is 4.57 Å². The molecule has 5 heterocycles. The van der Waals surface area contributed by atoms with E-state index in [1.54, 1.807) is 12.4 Å². The summed E-state index contributed by atoms with van der Waals surface area (Å²) in [6.45, 7) is 0. The lowest BCUT2D eigenvalue weighted by Gasteiger charge is -2.16. The minimum absolute atomic E-state index is 0.483. The van der Waals surface area contributed by atoms with Crippen LogP contribution in [0.2, 0.25) is 0 Å². The van der Waals surface area contributed by atoms with Crippen molar-refractivity contribution in [3.8, 4) is 45.8 Å². The van der Waals surface area contributed by atoms with Gasteiger partial charge in [0.2, 0.25) is 5.95 Å². The van der Waals surface area contributed by atoms with Crippen molar-refractivity contribution in [2.24, 2.45) is 0 Å². The molecule has 8 aromatic carbocycles. The van der Waals surface area contributed by atoms with Crippen LogP contribution in [0.15, 0.2) is 200 Å². The molecule has 13 aromatic rings. The van der Waals surface area contributed by atoms with E-state index >= 15 is 0 Å². The Morgan fingerprint density at radius 3 is 1.29 bits per heavy atom. The molecule has 0 aliphatic carbocycles. The zero-order chi connectivity index (χ0) is 40.7. The summed E-state index contributed by atoms with van der Waals surface area (Å²) in [6, 6.07) is 66.7. The molecule has 0 saturated carbocycles. The highest BCUT2D eigenvalue weighted by Gasteiger charge is 2.21. The fourth-order valence-corrected chi connectivity index (χ4v) is 9.59. The monoisotopic (exact) mass is 791 g/mol. The minimum atomic E-state index is 0.483. The van der Waals surface area contributed by atoms with Crippen LogP contribution in [-0.2, 0) is 0 Å². The van der Waals surface area contributed by atoms with Gasteiger partial charge in [-0.25, -0.2) is 4.98 Å². The number of aromatic nitrogens is 7. The van der Waals surface area contributed by atoms with Gasteiger partial charge in [0.15, 0.2) is 11.6 Å². The maximum Gasteiger partial charge on any atom is 0.238 e. The Morgan fingerprint density at radius 1 is 0.306 bits per heavy atom. The number of pyridine rings is 2. The number of nitrogens with zero attached hydrogens (tertiary/aromatic N) is 7. The SMILES string of the molecule is c1ccc(-c2nc(-c3ccccn3)nc(-n3c4ccccc4c4cc(-c5ccc6c(c5)c5ccccc5n6-c5cccc6c7ccccc7c7ccccc7c56)ccc43)n2)nc1. The van der Waals surface area contributed by atoms with Gasteiger partial charge in [0.1, 0.15) is 11.4 Å². The second kappa shape index (κ2) is 13.5. The Balaban J connectivity index is 1.01. The summed E-state index contributed by atoms with van der Waals surface area (Å²) in [6.07, 6.45) is 3.51. The average molecular weight is 792 g/mol. The van der Waals surface area contributed by atoms with Gasteiger partial charge in [-0.1, -0.05) is 121 Å². The second-order valence-electron chi connectivity index (χ2n) is 15.7. The fraction of sp³-hybridized carbons (Fsp3) is 0. The zero-order valence-corrected chi connectivity index (χ0v) is 33.2. The van der Waals surface area contributed by atoms with Gasteiger partial charge in [0.05, 0.1) is 27.8 Å². The number of para-hydroxylation sites is 2. The molecule has 0 bridgehead atoms.